The molecule has 6 heteroatoms. The number of ketones is 1. The fourth-order valence-electron chi connectivity index (χ4n) is 2.56. The number of Topliss-reactive ketones (excluding diaryl/α,β-unsaturated/α-hetero) is 1. The van der Waals surface area contributed by atoms with Crippen molar-refractivity contribution >= 4 is 37.4 Å². The summed E-state index contributed by atoms with van der Waals surface area (Å²) in [5.74, 6) is -0.0952. The molecular weight excluding hydrogens is 366 g/mol. The van der Waals surface area contributed by atoms with Gasteiger partial charge in [-0.05, 0) is 23.8 Å². The lowest BCUT2D eigenvalue weighted by Gasteiger charge is -2.30. The van der Waals surface area contributed by atoms with Crippen LogP contribution < -0.4 is 4.31 Å². The summed E-state index contributed by atoms with van der Waals surface area (Å²) in [6, 6.07) is 14.2. The first-order valence-corrected chi connectivity index (χ1v) is 9.25. The molecule has 4 nitrogen and oxygen atoms in total. The molecule has 2 aromatic rings. The summed E-state index contributed by atoms with van der Waals surface area (Å²) in [6.07, 6.45) is 0.211. The third-order valence-electron chi connectivity index (χ3n) is 3.60. The summed E-state index contributed by atoms with van der Waals surface area (Å²) in [4.78, 5) is 12.0. The van der Waals surface area contributed by atoms with Gasteiger partial charge in [-0.25, -0.2) is 8.42 Å². The van der Waals surface area contributed by atoms with E-state index in [-0.39, 0.29) is 24.5 Å². The molecule has 0 atom stereocenters. The van der Waals surface area contributed by atoms with Crippen LogP contribution in [0.5, 0.6) is 0 Å². The molecule has 22 heavy (non-hydrogen) atoms. The zero-order chi connectivity index (χ0) is 15.7. The minimum absolute atomic E-state index is 0.0198. The summed E-state index contributed by atoms with van der Waals surface area (Å²) >= 11 is 3.34. The standard InChI is InChI=1S/C16H14BrNO3S/c17-13-6-7-14-15(10-13)18(9-8-16(14)19)22(20,21)11-12-4-2-1-3-5-12/h1-7,10H,8-9,11H2. The van der Waals surface area contributed by atoms with Gasteiger partial charge in [0, 0.05) is 23.0 Å². The molecule has 0 unspecified atom stereocenters. The number of benzene rings is 2. The van der Waals surface area contributed by atoms with Crippen molar-refractivity contribution in [3.63, 3.8) is 0 Å². The Morgan fingerprint density at radius 1 is 1.09 bits per heavy atom. The van der Waals surface area contributed by atoms with Crippen LogP contribution >= 0.6 is 15.9 Å². The van der Waals surface area contributed by atoms with Gasteiger partial charge in [0.1, 0.15) is 0 Å². The lowest BCUT2D eigenvalue weighted by Crippen LogP contribution is -2.38. The van der Waals surface area contributed by atoms with E-state index in [1.165, 1.54) is 4.31 Å². The number of hydrogen-bond donors (Lipinski definition) is 0. The molecule has 0 saturated carbocycles. The van der Waals surface area contributed by atoms with Crippen molar-refractivity contribution in [2.75, 3.05) is 10.8 Å². The number of halogens is 1. The molecule has 3 rings (SSSR count). The Labute approximate surface area is 137 Å². The molecule has 2 aromatic carbocycles. The first kappa shape index (κ1) is 15.2. The zero-order valence-corrected chi connectivity index (χ0v) is 14.1. The minimum Gasteiger partial charge on any atom is -0.294 e. The SMILES string of the molecule is O=C1CCN(S(=O)(=O)Cc2ccccc2)c2cc(Br)ccc21. The van der Waals surface area contributed by atoms with Crippen LogP contribution in [0, 0.1) is 0 Å². The molecule has 1 aliphatic rings. The summed E-state index contributed by atoms with van der Waals surface area (Å²) < 4.78 is 27.6. The van der Waals surface area contributed by atoms with Crippen LogP contribution in [-0.4, -0.2) is 20.7 Å². The number of nitrogens with zero attached hydrogens (tertiary/aromatic N) is 1. The van der Waals surface area contributed by atoms with Crippen molar-refractivity contribution in [1.82, 2.24) is 0 Å². The second kappa shape index (κ2) is 5.85. The van der Waals surface area contributed by atoms with Gasteiger partial charge in [0.15, 0.2) is 5.78 Å². The lowest BCUT2D eigenvalue weighted by atomic mass is 10.0. The average Bonchev–Trinajstić information content (AvgIpc) is 2.47. The normalized spacial score (nSPS) is 14.8. The third kappa shape index (κ3) is 2.94. The highest BCUT2D eigenvalue weighted by Crippen LogP contribution is 2.32. The van der Waals surface area contributed by atoms with E-state index in [2.05, 4.69) is 15.9 Å². The second-order valence-electron chi connectivity index (χ2n) is 5.15. The van der Waals surface area contributed by atoms with Gasteiger partial charge in [0.2, 0.25) is 10.0 Å². The van der Waals surface area contributed by atoms with Gasteiger partial charge < -0.3 is 0 Å². The van der Waals surface area contributed by atoms with Crippen molar-refractivity contribution in [2.45, 2.75) is 12.2 Å². The maximum Gasteiger partial charge on any atom is 0.239 e. The van der Waals surface area contributed by atoms with Crippen LogP contribution in [-0.2, 0) is 15.8 Å². The number of carbonyl (C=O) groups excluding carboxylic acids is 1. The highest BCUT2D eigenvalue weighted by Gasteiger charge is 2.31. The molecule has 0 spiro atoms. The van der Waals surface area contributed by atoms with Crippen molar-refractivity contribution in [2.24, 2.45) is 0 Å². The number of anilines is 1. The van der Waals surface area contributed by atoms with E-state index in [1.807, 2.05) is 18.2 Å². The molecule has 0 aliphatic carbocycles. The van der Waals surface area contributed by atoms with Crippen LogP contribution in [0.2, 0.25) is 0 Å². The number of fused-ring (bicyclic) bond motifs is 1. The van der Waals surface area contributed by atoms with Crippen molar-refractivity contribution in [1.29, 1.82) is 0 Å². The molecular formula is C16H14BrNO3S. The second-order valence-corrected chi connectivity index (χ2v) is 7.96. The predicted octanol–water partition coefficient (Wildman–Crippen LogP) is 3.37. The molecule has 0 amide bonds. The lowest BCUT2D eigenvalue weighted by molar-refractivity contribution is 0.0982. The van der Waals surface area contributed by atoms with Gasteiger partial charge in [-0.15, -0.1) is 0 Å². The van der Waals surface area contributed by atoms with E-state index in [9.17, 15) is 13.2 Å². The zero-order valence-electron chi connectivity index (χ0n) is 11.7. The molecule has 0 radical (unpaired) electrons. The molecule has 1 heterocycles. The van der Waals surface area contributed by atoms with Gasteiger partial charge >= 0.3 is 0 Å². The highest BCUT2D eigenvalue weighted by atomic mass is 79.9. The highest BCUT2D eigenvalue weighted by molar-refractivity contribution is 9.10. The number of sulfonamides is 1. The summed E-state index contributed by atoms with van der Waals surface area (Å²) in [5.41, 5.74) is 1.66. The Kier molecular flexibility index (Phi) is 4.06. The van der Waals surface area contributed by atoms with Crippen molar-refractivity contribution in [3.8, 4) is 0 Å². The molecule has 0 bridgehead atoms. The van der Waals surface area contributed by atoms with Crippen molar-refractivity contribution in [3.05, 3.63) is 64.1 Å². The van der Waals surface area contributed by atoms with Crippen LogP contribution in [0.15, 0.2) is 53.0 Å². The smallest absolute Gasteiger partial charge is 0.239 e. The number of rotatable bonds is 3. The summed E-state index contributed by atoms with van der Waals surface area (Å²) in [6.45, 7) is 0.192. The van der Waals surface area contributed by atoms with E-state index in [0.29, 0.717) is 11.3 Å². The molecule has 0 saturated heterocycles. The van der Waals surface area contributed by atoms with E-state index in [0.717, 1.165) is 10.0 Å². The van der Waals surface area contributed by atoms with Gasteiger partial charge in [0.25, 0.3) is 0 Å². The summed E-state index contributed by atoms with van der Waals surface area (Å²) in [7, 11) is -3.53. The Balaban J connectivity index is 2.00. The van der Waals surface area contributed by atoms with Crippen LogP contribution in [0.25, 0.3) is 0 Å². The molecule has 114 valence electrons. The maximum atomic E-state index is 12.7. The maximum absolute atomic E-state index is 12.7. The Bertz CT molecular complexity index is 819. The fraction of sp³-hybridized carbons (Fsp3) is 0.188. The van der Waals surface area contributed by atoms with Crippen LogP contribution in [0.3, 0.4) is 0 Å². The Morgan fingerprint density at radius 3 is 2.55 bits per heavy atom. The van der Waals surface area contributed by atoms with E-state index < -0.39 is 10.0 Å². The topological polar surface area (TPSA) is 54.5 Å². The predicted molar refractivity (Wildman–Crippen MR) is 89.5 cm³/mol. The van der Waals surface area contributed by atoms with E-state index in [4.69, 9.17) is 0 Å². The largest absolute Gasteiger partial charge is 0.294 e. The number of hydrogen-bond acceptors (Lipinski definition) is 3. The van der Waals surface area contributed by atoms with E-state index in [1.54, 1.807) is 30.3 Å². The molecule has 0 fully saturated rings. The number of carbonyl (C=O) groups is 1. The van der Waals surface area contributed by atoms with E-state index >= 15 is 0 Å². The first-order valence-electron chi connectivity index (χ1n) is 6.84. The van der Waals surface area contributed by atoms with Gasteiger partial charge in [-0.3, -0.25) is 9.10 Å². The molecule has 0 N–H and O–H groups in total. The van der Waals surface area contributed by atoms with Gasteiger partial charge in [-0.2, -0.15) is 0 Å². The monoisotopic (exact) mass is 379 g/mol. The molecule has 1 aliphatic heterocycles. The van der Waals surface area contributed by atoms with Crippen LogP contribution in [0.4, 0.5) is 5.69 Å². The van der Waals surface area contributed by atoms with Crippen LogP contribution in [0.1, 0.15) is 22.3 Å². The average molecular weight is 380 g/mol. The van der Waals surface area contributed by atoms with Gasteiger partial charge in [-0.1, -0.05) is 46.3 Å². The quantitative estimate of drug-likeness (QED) is 0.821. The van der Waals surface area contributed by atoms with Crippen molar-refractivity contribution < 1.29 is 13.2 Å². The molecule has 0 aromatic heterocycles. The van der Waals surface area contributed by atoms with Gasteiger partial charge in [0.05, 0.1) is 11.4 Å². The Morgan fingerprint density at radius 2 is 1.82 bits per heavy atom. The Hall–Kier alpha value is -1.66. The fourth-order valence-corrected chi connectivity index (χ4v) is 4.50. The summed E-state index contributed by atoms with van der Waals surface area (Å²) in [5, 5.41) is 0. The minimum atomic E-state index is -3.53. The first-order chi connectivity index (χ1) is 10.5. The third-order valence-corrected chi connectivity index (χ3v) is 5.84.